The van der Waals surface area contributed by atoms with Crippen LogP contribution in [0.2, 0.25) is 0 Å². The van der Waals surface area contributed by atoms with Crippen LogP contribution in [0.3, 0.4) is 0 Å². The molecule has 220 valence electrons. The number of carbonyl (C=O) groups excluding carboxylic acids is 2. The van der Waals surface area contributed by atoms with Crippen molar-refractivity contribution in [2.75, 3.05) is 0 Å². The van der Waals surface area contributed by atoms with Gasteiger partial charge in [0.2, 0.25) is 11.8 Å². The van der Waals surface area contributed by atoms with Crippen LogP contribution < -0.4 is 10.6 Å². The first kappa shape index (κ1) is 27.7. The quantitative estimate of drug-likeness (QED) is 0.218. The molecule has 4 N–H and O–H groups in total. The van der Waals surface area contributed by atoms with Gasteiger partial charge in [0.25, 0.3) is 11.8 Å². The van der Waals surface area contributed by atoms with E-state index in [4.69, 9.17) is 0 Å². The van der Waals surface area contributed by atoms with Crippen LogP contribution in [-0.2, 0) is 4.79 Å². The SMILES string of the molecule is CC(C)n1nccc1C(=O)N[C@H](c1nc2ccc([C@@H](O)NC(=O)CC3CC(F)(F)C3)cc2[nH]1)C1CC2[C@@H](C1)C2(F)F. The highest BCUT2D eigenvalue weighted by Crippen LogP contribution is 2.67. The van der Waals surface area contributed by atoms with Gasteiger partial charge in [0.15, 0.2) is 6.23 Å². The minimum absolute atomic E-state index is 0.0618. The van der Waals surface area contributed by atoms with E-state index in [0.717, 1.165) is 0 Å². The zero-order chi connectivity index (χ0) is 29.3. The van der Waals surface area contributed by atoms with Crippen molar-refractivity contribution in [3.8, 4) is 0 Å². The molecule has 6 rings (SSSR count). The summed E-state index contributed by atoms with van der Waals surface area (Å²) in [5.41, 5.74) is 1.74. The molecule has 41 heavy (non-hydrogen) atoms. The topological polar surface area (TPSA) is 125 Å². The fourth-order valence-electron chi connectivity index (χ4n) is 6.50. The Morgan fingerprint density at radius 2 is 1.83 bits per heavy atom. The smallest absolute Gasteiger partial charge is 0.270 e. The Balaban J connectivity index is 1.20. The third-order valence-corrected chi connectivity index (χ3v) is 8.71. The number of aliphatic hydroxyl groups excluding tert-OH is 1. The van der Waals surface area contributed by atoms with E-state index in [1.165, 1.54) is 6.20 Å². The van der Waals surface area contributed by atoms with E-state index in [1.54, 1.807) is 28.9 Å². The summed E-state index contributed by atoms with van der Waals surface area (Å²) in [4.78, 5) is 33.4. The minimum Gasteiger partial charge on any atom is -0.369 e. The van der Waals surface area contributed by atoms with Gasteiger partial charge in [0.1, 0.15) is 11.5 Å². The number of aliphatic hydroxyl groups is 1. The van der Waals surface area contributed by atoms with E-state index in [1.807, 2.05) is 13.8 Å². The van der Waals surface area contributed by atoms with Crippen LogP contribution in [0, 0.1) is 23.7 Å². The van der Waals surface area contributed by atoms with Gasteiger partial charge in [-0.05, 0) is 56.7 Å². The fraction of sp³-hybridized carbons (Fsp3) is 0.571. The Hall–Kier alpha value is -3.48. The van der Waals surface area contributed by atoms with Gasteiger partial charge in [-0.2, -0.15) is 5.10 Å². The Labute approximate surface area is 233 Å². The van der Waals surface area contributed by atoms with E-state index in [9.17, 15) is 32.3 Å². The Morgan fingerprint density at radius 3 is 2.49 bits per heavy atom. The van der Waals surface area contributed by atoms with E-state index in [-0.39, 0.29) is 44.1 Å². The first-order chi connectivity index (χ1) is 19.3. The average molecular weight is 577 g/mol. The van der Waals surface area contributed by atoms with Crippen molar-refractivity contribution < 1.29 is 32.3 Å². The average Bonchev–Trinajstić information content (AvgIpc) is 3.46. The molecule has 1 aromatic carbocycles. The number of hydrogen-bond donors (Lipinski definition) is 4. The second-order valence-corrected chi connectivity index (χ2v) is 12.0. The Morgan fingerprint density at radius 1 is 1.12 bits per heavy atom. The molecule has 0 aliphatic heterocycles. The van der Waals surface area contributed by atoms with Gasteiger partial charge in [-0.25, -0.2) is 22.5 Å². The Kier molecular flexibility index (Phi) is 6.63. The van der Waals surface area contributed by atoms with Crippen molar-refractivity contribution in [2.24, 2.45) is 23.7 Å². The molecule has 3 aromatic rings. The van der Waals surface area contributed by atoms with Gasteiger partial charge in [-0.15, -0.1) is 0 Å². The highest BCUT2D eigenvalue weighted by molar-refractivity contribution is 5.93. The normalized spacial score (nSPS) is 25.9. The number of benzene rings is 1. The molecule has 3 aliphatic carbocycles. The number of aromatic nitrogens is 4. The van der Waals surface area contributed by atoms with E-state index >= 15 is 0 Å². The van der Waals surface area contributed by atoms with Gasteiger partial charge in [-0.1, -0.05) is 6.07 Å². The molecule has 0 bridgehead atoms. The maximum atomic E-state index is 14.0. The molecule has 2 unspecified atom stereocenters. The Bertz CT molecular complexity index is 1460. The van der Waals surface area contributed by atoms with E-state index in [0.29, 0.717) is 28.1 Å². The number of halogens is 4. The number of fused-ring (bicyclic) bond motifs is 2. The monoisotopic (exact) mass is 576 g/mol. The highest BCUT2D eigenvalue weighted by atomic mass is 19.3. The predicted molar refractivity (Wildman–Crippen MR) is 139 cm³/mol. The van der Waals surface area contributed by atoms with Gasteiger partial charge in [-0.3, -0.25) is 14.3 Å². The molecule has 2 aromatic heterocycles. The van der Waals surface area contributed by atoms with Crippen LogP contribution in [0.15, 0.2) is 30.5 Å². The lowest BCUT2D eigenvalue weighted by Gasteiger charge is -2.34. The molecular weight excluding hydrogens is 544 g/mol. The first-order valence-electron chi connectivity index (χ1n) is 13.9. The van der Waals surface area contributed by atoms with Crippen LogP contribution >= 0.6 is 0 Å². The summed E-state index contributed by atoms with van der Waals surface area (Å²) >= 11 is 0. The largest absolute Gasteiger partial charge is 0.369 e. The molecule has 2 heterocycles. The van der Waals surface area contributed by atoms with Gasteiger partial charge < -0.3 is 20.7 Å². The summed E-state index contributed by atoms with van der Waals surface area (Å²) in [6.45, 7) is 3.79. The van der Waals surface area contributed by atoms with Gasteiger partial charge in [0, 0.05) is 48.9 Å². The summed E-state index contributed by atoms with van der Waals surface area (Å²) in [5.74, 6) is -7.97. The number of alkyl halides is 4. The highest BCUT2D eigenvalue weighted by Gasteiger charge is 2.72. The molecule has 3 fully saturated rings. The molecular formula is C28H32F4N6O3. The van der Waals surface area contributed by atoms with E-state index < -0.39 is 53.7 Å². The lowest BCUT2D eigenvalue weighted by Crippen LogP contribution is -2.39. The molecule has 2 amide bonds. The first-order valence-corrected chi connectivity index (χ1v) is 13.9. The van der Waals surface area contributed by atoms with E-state index in [2.05, 4.69) is 25.7 Å². The maximum Gasteiger partial charge on any atom is 0.270 e. The molecule has 3 saturated carbocycles. The number of amides is 2. The van der Waals surface area contributed by atoms with Crippen LogP contribution in [0.5, 0.6) is 0 Å². The second kappa shape index (κ2) is 9.81. The maximum absolute atomic E-state index is 14.0. The summed E-state index contributed by atoms with van der Waals surface area (Å²) < 4.78 is 55.7. The molecule has 9 nitrogen and oxygen atoms in total. The summed E-state index contributed by atoms with van der Waals surface area (Å²) in [6, 6.07) is 5.69. The van der Waals surface area contributed by atoms with Crippen molar-refractivity contribution in [1.82, 2.24) is 30.4 Å². The molecule has 5 atom stereocenters. The lowest BCUT2D eigenvalue weighted by molar-refractivity contribution is -0.136. The number of nitrogens with one attached hydrogen (secondary N) is 3. The van der Waals surface area contributed by atoms with Crippen molar-refractivity contribution >= 4 is 22.8 Å². The number of hydrogen-bond acceptors (Lipinski definition) is 5. The third-order valence-electron chi connectivity index (χ3n) is 8.71. The minimum atomic E-state index is -2.72. The van der Waals surface area contributed by atoms with Crippen LogP contribution in [0.25, 0.3) is 11.0 Å². The predicted octanol–water partition coefficient (Wildman–Crippen LogP) is 4.65. The molecule has 13 heteroatoms. The van der Waals surface area contributed by atoms with Crippen LogP contribution in [-0.4, -0.2) is 48.5 Å². The lowest BCUT2D eigenvalue weighted by atomic mass is 9.79. The second-order valence-electron chi connectivity index (χ2n) is 12.0. The third kappa shape index (κ3) is 5.20. The zero-order valence-corrected chi connectivity index (χ0v) is 22.6. The van der Waals surface area contributed by atoms with Crippen molar-refractivity contribution in [3.05, 3.63) is 47.5 Å². The number of H-pyrrole nitrogens is 1. The van der Waals surface area contributed by atoms with Crippen LogP contribution in [0.1, 0.15) is 86.1 Å². The molecule has 3 aliphatic rings. The summed E-state index contributed by atoms with van der Waals surface area (Å²) in [5, 5.41) is 20.2. The molecule has 0 spiro atoms. The molecule has 0 saturated heterocycles. The van der Waals surface area contributed by atoms with Gasteiger partial charge in [0.05, 0.1) is 17.1 Å². The van der Waals surface area contributed by atoms with Crippen molar-refractivity contribution in [3.63, 3.8) is 0 Å². The number of rotatable bonds is 9. The van der Waals surface area contributed by atoms with Crippen LogP contribution in [0.4, 0.5) is 17.6 Å². The van der Waals surface area contributed by atoms with Gasteiger partial charge >= 0.3 is 0 Å². The fourth-order valence-corrected chi connectivity index (χ4v) is 6.50. The number of aromatic amines is 1. The number of imidazole rings is 1. The summed E-state index contributed by atoms with van der Waals surface area (Å²) in [6.07, 6.45) is -0.0895. The van der Waals surface area contributed by atoms with Crippen molar-refractivity contribution in [1.29, 1.82) is 0 Å². The number of carbonyl (C=O) groups is 2. The zero-order valence-electron chi connectivity index (χ0n) is 22.6. The number of nitrogens with zero attached hydrogens (tertiary/aromatic N) is 3. The molecule has 0 radical (unpaired) electrons. The standard InChI is InChI=1S/C28H32F4N6O3/c1-13(2)38-21(5-6-33-38)26(41)37-23(16-8-17-18(9-16)28(17,31)32)24-34-19-4-3-15(10-20(19)35-24)25(40)36-22(39)7-14-11-27(29,30)12-14/h3-6,10,13-14,16-18,23,25,40H,7-9,11-12H2,1-2H3,(H,34,35)(H,36,39)(H,37,41)/t16?,17-,18?,23+,25-/m1/s1. The summed E-state index contributed by atoms with van der Waals surface area (Å²) in [7, 11) is 0. The van der Waals surface area contributed by atoms with Crippen molar-refractivity contribution in [2.45, 2.75) is 76.1 Å².